The van der Waals surface area contributed by atoms with Gasteiger partial charge in [-0.3, -0.25) is 4.79 Å². The average Bonchev–Trinajstić information content (AvgIpc) is 2.53. The van der Waals surface area contributed by atoms with Gasteiger partial charge >= 0.3 is 5.97 Å². The summed E-state index contributed by atoms with van der Waals surface area (Å²) in [6.45, 7) is 8.44. The highest BCUT2D eigenvalue weighted by Gasteiger charge is 2.44. The summed E-state index contributed by atoms with van der Waals surface area (Å²) >= 11 is 0. The number of ether oxygens (including phenoxy) is 1. The number of rotatable bonds is 6. The van der Waals surface area contributed by atoms with Crippen molar-refractivity contribution < 1.29 is 14.6 Å². The van der Waals surface area contributed by atoms with Crippen LogP contribution in [0.2, 0.25) is 0 Å². The van der Waals surface area contributed by atoms with Crippen LogP contribution < -0.4 is 0 Å². The molecular weight excluding hydrogens is 252 g/mol. The Labute approximate surface area is 124 Å². The Balaban J connectivity index is 2.80. The lowest BCUT2D eigenvalue weighted by molar-refractivity contribution is -0.163. The predicted molar refractivity (Wildman–Crippen MR) is 81.4 cm³/mol. The lowest BCUT2D eigenvalue weighted by Gasteiger charge is -2.36. The third-order valence-corrected chi connectivity index (χ3v) is 4.69. The molecule has 0 spiro atoms. The summed E-state index contributed by atoms with van der Waals surface area (Å²) in [5, 5.41) is 11.1. The van der Waals surface area contributed by atoms with Crippen molar-refractivity contribution in [1.82, 2.24) is 0 Å². The molecule has 1 fully saturated rings. The van der Waals surface area contributed by atoms with E-state index in [2.05, 4.69) is 6.92 Å². The molecule has 1 rings (SSSR count). The second-order valence-corrected chi connectivity index (χ2v) is 6.66. The first kappa shape index (κ1) is 17.5. The minimum Gasteiger partial charge on any atom is -0.466 e. The highest BCUT2D eigenvalue weighted by molar-refractivity contribution is 5.74. The van der Waals surface area contributed by atoms with Crippen LogP contribution in [0.15, 0.2) is 0 Å². The Kier molecular flexibility index (Phi) is 7.01. The van der Waals surface area contributed by atoms with Crippen LogP contribution in [0, 0.1) is 17.8 Å². The van der Waals surface area contributed by atoms with Gasteiger partial charge in [0.2, 0.25) is 0 Å². The maximum Gasteiger partial charge on any atom is 0.312 e. The number of hydrogen-bond donors (Lipinski definition) is 1. The SMILES string of the molecule is CCCC1CCCC(O)(C(C(=O)OCC)C(C)C)CC1. The van der Waals surface area contributed by atoms with E-state index in [4.69, 9.17) is 4.74 Å². The lowest BCUT2D eigenvalue weighted by Crippen LogP contribution is -2.45. The van der Waals surface area contributed by atoms with E-state index in [-0.39, 0.29) is 17.8 Å². The maximum atomic E-state index is 12.2. The van der Waals surface area contributed by atoms with Crippen molar-refractivity contribution in [2.45, 2.75) is 78.2 Å². The van der Waals surface area contributed by atoms with Gasteiger partial charge in [0.15, 0.2) is 0 Å². The summed E-state index contributed by atoms with van der Waals surface area (Å²) in [6.07, 6.45) is 7.14. The molecule has 3 nitrogen and oxygen atoms in total. The van der Waals surface area contributed by atoms with Gasteiger partial charge in [0.1, 0.15) is 0 Å². The molecule has 1 aliphatic carbocycles. The van der Waals surface area contributed by atoms with Gasteiger partial charge in [0.25, 0.3) is 0 Å². The lowest BCUT2D eigenvalue weighted by atomic mass is 9.75. The monoisotopic (exact) mass is 284 g/mol. The largest absolute Gasteiger partial charge is 0.466 e. The van der Waals surface area contributed by atoms with Crippen molar-refractivity contribution in [3.63, 3.8) is 0 Å². The van der Waals surface area contributed by atoms with Crippen LogP contribution in [-0.2, 0) is 9.53 Å². The first-order valence-corrected chi connectivity index (χ1v) is 8.33. The molecule has 0 saturated heterocycles. The van der Waals surface area contributed by atoms with Crippen LogP contribution >= 0.6 is 0 Å². The van der Waals surface area contributed by atoms with E-state index in [0.717, 1.165) is 25.7 Å². The third-order valence-electron chi connectivity index (χ3n) is 4.69. The Morgan fingerprint density at radius 2 is 2.00 bits per heavy atom. The molecule has 0 aromatic heterocycles. The van der Waals surface area contributed by atoms with Gasteiger partial charge in [-0.1, -0.05) is 46.5 Å². The molecule has 0 radical (unpaired) electrons. The Hall–Kier alpha value is -0.570. The van der Waals surface area contributed by atoms with Crippen molar-refractivity contribution in [3.8, 4) is 0 Å². The summed E-state index contributed by atoms with van der Waals surface area (Å²) in [5.74, 6) is 0.215. The van der Waals surface area contributed by atoms with E-state index in [0.29, 0.717) is 12.5 Å². The third kappa shape index (κ3) is 4.47. The zero-order valence-corrected chi connectivity index (χ0v) is 13.7. The van der Waals surface area contributed by atoms with E-state index >= 15 is 0 Å². The Morgan fingerprint density at radius 1 is 1.30 bits per heavy atom. The van der Waals surface area contributed by atoms with Gasteiger partial charge in [0.05, 0.1) is 18.1 Å². The van der Waals surface area contributed by atoms with Gasteiger partial charge in [0, 0.05) is 0 Å². The number of esters is 1. The number of hydrogen-bond acceptors (Lipinski definition) is 3. The number of carbonyl (C=O) groups excluding carboxylic acids is 1. The van der Waals surface area contributed by atoms with Gasteiger partial charge in [-0.15, -0.1) is 0 Å². The average molecular weight is 284 g/mol. The van der Waals surface area contributed by atoms with Crippen molar-refractivity contribution in [1.29, 1.82) is 0 Å². The minimum absolute atomic E-state index is 0.113. The van der Waals surface area contributed by atoms with Gasteiger partial charge in [-0.25, -0.2) is 0 Å². The summed E-state index contributed by atoms with van der Waals surface area (Å²) in [6, 6.07) is 0. The highest BCUT2D eigenvalue weighted by atomic mass is 16.5. The normalized spacial score (nSPS) is 29.0. The summed E-state index contributed by atoms with van der Waals surface area (Å²) in [4.78, 5) is 12.2. The van der Waals surface area contributed by atoms with E-state index in [1.54, 1.807) is 0 Å². The molecular formula is C17H32O3. The quantitative estimate of drug-likeness (QED) is 0.593. The molecule has 0 aromatic rings. The first-order valence-electron chi connectivity index (χ1n) is 8.33. The summed E-state index contributed by atoms with van der Waals surface area (Å²) in [5.41, 5.74) is -0.872. The fourth-order valence-electron chi connectivity index (χ4n) is 3.77. The fourth-order valence-corrected chi connectivity index (χ4v) is 3.77. The molecule has 20 heavy (non-hydrogen) atoms. The molecule has 118 valence electrons. The molecule has 0 aliphatic heterocycles. The second kappa shape index (κ2) is 8.02. The number of aliphatic hydroxyl groups is 1. The molecule has 0 amide bonds. The first-order chi connectivity index (χ1) is 9.44. The van der Waals surface area contributed by atoms with Crippen molar-refractivity contribution in [2.75, 3.05) is 6.61 Å². The van der Waals surface area contributed by atoms with E-state index in [1.807, 2.05) is 20.8 Å². The molecule has 3 unspecified atom stereocenters. The van der Waals surface area contributed by atoms with E-state index < -0.39 is 5.60 Å². The fraction of sp³-hybridized carbons (Fsp3) is 0.941. The molecule has 1 aliphatic rings. The van der Waals surface area contributed by atoms with Crippen molar-refractivity contribution >= 4 is 5.97 Å². The standard InChI is InChI=1S/C17H32O3/c1-5-8-14-9-7-11-17(19,12-10-14)15(13(3)4)16(18)20-6-2/h13-15,19H,5-12H2,1-4H3. The summed E-state index contributed by atoms with van der Waals surface area (Å²) < 4.78 is 5.20. The predicted octanol–water partition coefficient (Wildman–Crippen LogP) is 3.93. The van der Waals surface area contributed by atoms with Crippen molar-refractivity contribution in [2.24, 2.45) is 17.8 Å². The van der Waals surface area contributed by atoms with E-state index in [1.165, 1.54) is 19.3 Å². The van der Waals surface area contributed by atoms with Crippen LogP contribution in [0.4, 0.5) is 0 Å². The van der Waals surface area contributed by atoms with Crippen LogP contribution in [0.25, 0.3) is 0 Å². The maximum absolute atomic E-state index is 12.2. The molecule has 3 heteroatoms. The molecule has 1 N–H and O–H groups in total. The van der Waals surface area contributed by atoms with Crippen LogP contribution in [0.5, 0.6) is 0 Å². The van der Waals surface area contributed by atoms with Crippen LogP contribution in [-0.4, -0.2) is 23.3 Å². The molecule has 0 heterocycles. The second-order valence-electron chi connectivity index (χ2n) is 6.66. The smallest absolute Gasteiger partial charge is 0.312 e. The Morgan fingerprint density at radius 3 is 2.55 bits per heavy atom. The van der Waals surface area contributed by atoms with Crippen molar-refractivity contribution in [3.05, 3.63) is 0 Å². The number of carbonyl (C=O) groups is 1. The van der Waals surface area contributed by atoms with Gasteiger partial charge in [-0.2, -0.15) is 0 Å². The molecule has 3 atom stereocenters. The highest BCUT2D eigenvalue weighted by Crippen LogP contribution is 2.40. The zero-order valence-electron chi connectivity index (χ0n) is 13.7. The minimum atomic E-state index is -0.872. The molecule has 0 aromatic carbocycles. The molecule has 0 bridgehead atoms. The Bertz CT molecular complexity index is 301. The van der Waals surface area contributed by atoms with Gasteiger partial charge in [-0.05, 0) is 38.0 Å². The van der Waals surface area contributed by atoms with Crippen LogP contribution in [0.3, 0.4) is 0 Å². The molecule has 1 saturated carbocycles. The van der Waals surface area contributed by atoms with E-state index in [9.17, 15) is 9.90 Å². The van der Waals surface area contributed by atoms with Gasteiger partial charge < -0.3 is 9.84 Å². The zero-order chi connectivity index (χ0) is 15.2. The summed E-state index contributed by atoms with van der Waals surface area (Å²) in [7, 11) is 0. The van der Waals surface area contributed by atoms with Crippen LogP contribution in [0.1, 0.15) is 72.6 Å². The topological polar surface area (TPSA) is 46.5 Å².